The van der Waals surface area contributed by atoms with E-state index in [0.29, 0.717) is 6.54 Å². The summed E-state index contributed by atoms with van der Waals surface area (Å²) in [4.78, 5) is 8.49. The minimum Gasteiger partial charge on any atom is -0.327 e. The number of rotatable bonds is 3. The molecule has 2 aromatic heterocycles. The summed E-state index contributed by atoms with van der Waals surface area (Å²) in [5.41, 5.74) is 7.19. The first-order valence-corrected chi connectivity index (χ1v) is 4.53. The number of nitrogens with zero attached hydrogens (tertiary/aromatic N) is 3. The van der Waals surface area contributed by atoms with Crippen LogP contribution in [-0.4, -0.2) is 21.1 Å². The van der Waals surface area contributed by atoms with E-state index in [1.807, 2.05) is 28.9 Å². The van der Waals surface area contributed by atoms with Gasteiger partial charge in [0.05, 0.1) is 6.33 Å². The van der Waals surface area contributed by atoms with Crippen molar-refractivity contribution in [2.75, 3.05) is 6.54 Å². The Balaban J connectivity index is 2.29. The number of imidazole rings is 1. The molecule has 2 aromatic rings. The third kappa shape index (κ3) is 1.65. The average molecular weight is 188 g/mol. The lowest BCUT2D eigenvalue weighted by Crippen LogP contribution is -1.97. The second kappa shape index (κ2) is 4.02. The zero-order chi connectivity index (χ0) is 9.80. The predicted octanol–water partition coefficient (Wildman–Crippen LogP) is 0.946. The first-order valence-electron chi connectivity index (χ1n) is 4.53. The van der Waals surface area contributed by atoms with Crippen molar-refractivity contribution in [2.24, 2.45) is 5.73 Å². The molecule has 0 radical (unpaired) electrons. The van der Waals surface area contributed by atoms with E-state index in [1.54, 1.807) is 12.5 Å². The van der Waals surface area contributed by atoms with Crippen molar-refractivity contribution in [3.63, 3.8) is 0 Å². The lowest BCUT2D eigenvalue weighted by molar-refractivity contribution is 0.835. The van der Waals surface area contributed by atoms with Crippen LogP contribution in [0.2, 0.25) is 0 Å². The van der Waals surface area contributed by atoms with Gasteiger partial charge >= 0.3 is 0 Å². The quantitative estimate of drug-likeness (QED) is 0.729. The van der Waals surface area contributed by atoms with Crippen LogP contribution in [0.3, 0.4) is 0 Å². The largest absolute Gasteiger partial charge is 0.327 e. The molecular weight excluding hydrogens is 176 g/mol. The fraction of sp³-hybridized carbons (Fsp3) is 0.200. The molecule has 14 heavy (non-hydrogen) atoms. The van der Waals surface area contributed by atoms with Crippen LogP contribution in [-0.2, 0) is 6.54 Å². The summed E-state index contributed by atoms with van der Waals surface area (Å²) in [5.74, 6) is 0. The fourth-order valence-corrected chi connectivity index (χ4v) is 1.32. The van der Waals surface area contributed by atoms with Gasteiger partial charge in [-0.05, 0) is 12.1 Å². The van der Waals surface area contributed by atoms with E-state index in [-0.39, 0.29) is 0 Å². The number of hydrogen-bond acceptors (Lipinski definition) is 3. The second-order valence-corrected chi connectivity index (χ2v) is 2.95. The minimum atomic E-state index is 0.570. The van der Waals surface area contributed by atoms with E-state index in [1.165, 1.54) is 0 Å². The summed E-state index contributed by atoms with van der Waals surface area (Å²) >= 11 is 0. The Morgan fingerprint density at radius 1 is 1.36 bits per heavy atom. The molecule has 0 aliphatic carbocycles. The van der Waals surface area contributed by atoms with Gasteiger partial charge in [0.2, 0.25) is 0 Å². The molecule has 0 atom stereocenters. The third-order valence-corrected chi connectivity index (χ3v) is 1.98. The molecule has 0 unspecified atom stereocenters. The van der Waals surface area contributed by atoms with Gasteiger partial charge in [-0.25, -0.2) is 9.97 Å². The molecule has 0 spiro atoms. The summed E-state index contributed by atoms with van der Waals surface area (Å²) < 4.78 is 1.99. The Kier molecular flexibility index (Phi) is 2.55. The predicted molar refractivity (Wildman–Crippen MR) is 55.7 cm³/mol. The first kappa shape index (κ1) is 8.90. The van der Waals surface area contributed by atoms with Gasteiger partial charge in [-0.1, -0.05) is 12.2 Å². The molecule has 4 heteroatoms. The van der Waals surface area contributed by atoms with Crippen molar-refractivity contribution in [1.29, 1.82) is 0 Å². The van der Waals surface area contributed by atoms with Crippen molar-refractivity contribution in [3.8, 4) is 0 Å². The van der Waals surface area contributed by atoms with Crippen LogP contribution < -0.4 is 5.73 Å². The maximum Gasteiger partial charge on any atom is 0.160 e. The highest BCUT2D eigenvalue weighted by molar-refractivity contribution is 5.70. The van der Waals surface area contributed by atoms with Crippen LogP contribution >= 0.6 is 0 Å². The molecule has 0 aliphatic rings. The molecular formula is C10H12N4. The molecule has 0 saturated carbocycles. The number of aromatic nitrogens is 3. The normalized spacial score (nSPS) is 11.5. The minimum absolute atomic E-state index is 0.570. The van der Waals surface area contributed by atoms with Crippen LogP contribution in [0.4, 0.5) is 0 Å². The highest BCUT2D eigenvalue weighted by Crippen LogP contribution is 2.07. The van der Waals surface area contributed by atoms with Gasteiger partial charge in [0.1, 0.15) is 5.52 Å². The fourth-order valence-electron chi connectivity index (χ4n) is 1.32. The van der Waals surface area contributed by atoms with Crippen LogP contribution in [0.25, 0.3) is 11.2 Å². The van der Waals surface area contributed by atoms with Crippen molar-refractivity contribution < 1.29 is 0 Å². The smallest absolute Gasteiger partial charge is 0.160 e. The molecule has 0 amide bonds. The topological polar surface area (TPSA) is 56.7 Å². The first-order chi connectivity index (χ1) is 6.92. The molecule has 0 aromatic carbocycles. The zero-order valence-corrected chi connectivity index (χ0v) is 7.80. The number of pyridine rings is 1. The summed E-state index contributed by atoms with van der Waals surface area (Å²) in [6, 6.07) is 3.83. The summed E-state index contributed by atoms with van der Waals surface area (Å²) in [7, 11) is 0. The lowest BCUT2D eigenvalue weighted by atomic mass is 10.4. The van der Waals surface area contributed by atoms with E-state index < -0.39 is 0 Å². The standard InChI is InChI=1S/C10H12N4/c11-5-1-2-7-14-8-13-9-4-3-6-12-10(9)14/h1-4,6,8H,5,7,11H2/b2-1+. The number of hydrogen-bond donors (Lipinski definition) is 1. The van der Waals surface area contributed by atoms with Gasteiger partial charge in [-0.2, -0.15) is 0 Å². The highest BCUT2D eigenvalue weighted by Gasteiger charge is 1.99. The maximum absolute atomic E-state index is 5.35. The van der Waals surface area contributed by atoms with Crippen LogP contribution in [0.1, 0.15) is 0 Å². The SMILES string of the molecule is NC/C=C/Cn1cnc2cccnc21. The Morgan fingerprint density at radius 3 is 3.14 bits per heavy atom. The molecule has 2 N–H and O–H groups in total. The van der Waals surface area contributed by atoms with Gasteiger partial charge in [0.15, 0.2) is 5.65 Å². The second-order valence-electron chi connectivity index (χ2n) is 2.95. The molecule has 72 valence electrons. The molecule has 0 aliphatic heterocycles. The lowest BCUT2D eigenvalue weighted by Gasteiger charge is -1.97. The Hall–Kier alpha value is -1.68. The molecule has 2 rings (SSSR count). The zero-order valence-electron chi connectivity index (χ0n) is 7.80. The van der Waals surface area contributed by atoms with Gasteiger partial charge in [0.25, 0.3) is 0 Å². The third-order valence-electron chi connectivity index (χ3n) is 1.98. The van der Waals surface area contributed by atoms with Gasteiger partial charge < -0.3 is 10.3 Å². The van der Waals surface area contributed by atoms with Crippen LogP contribution in [0, 0.1) is 0 Å². The van der Waals surface area contributed by atoms with E-state index in [9.17, 15) is 0 Å². The summed E-state index contributed by atoms with van der Waals surface area (Å²) in [5, 5.41) is 0. The van der Waals surface area contributed by atoms with Crippen molar-refractivity contribution >= 4 is 11.2 Å². The van der Waals surface area contributed by atoms with E-state index >= 15 is 0 Å². The van der Waals surface area contributed by atoms with Crippen LogP contribution in [0.5, 0.6) is 0 Å². The van der Waals surface area contributed by atoms with Crippen LogP contribution in [0.15, 0.2) is 36.8 Å². The van der Waals surface area contributed by atoms with E-state index in [4.69, 9.17) is 5.73 Å². The molecule has 0 saturated heterocycles. The summed E-state index contributed by atoms with van der Waals surface area (Å²) in [6.07, 6.45) is 7.50. The Morgan fingerprint density at radius 2 is 2.29 bits per heavy atom. The van der Waals surface area contributed by atoms with Gasteiger partial charge in [-0.3, -0.25) is 0 Å². The number of nitrogens with two attached hydrogens (primary N) is 1. The van der Waals surface area contributed by atoms with Crippen molar-refractivity contribution in [2.45, 2.75) is 6.54 Å². The van der Waals surface area contributed by atoms with E-state index in [0.717, 1.165) is 17.7 Å². The average Bonchev–Trinajstić information content (AvgIpc) is 2.63. The van der Waals surface area contributed by atoms with Crippen molar-refractivity contribution in [3.05, 3.63) is 36.8 Å². The number of fused-ring (bicyclic) bond motifs is 1. The monoisotopic (exact) mass is 188 g/mol. The van der Waals surface area contributed by atoms with Crippen molar-refractivity contribution in [1.82, 2.24) is 14.5 Å². The molecule has 2 heterocycles. The maximum atomic E-state index is 5.35. The number of allylic oxidation sites excluding steroid dienone is 1. The molecule has 0 bridgehead atoms. The van der Waals surface area contributed by atoms with Gasteiger partial charge in [0, 0.05) is 19.3 Å². The molecule has 4 nitrogen and oxygen atoms in total. The van der Waals surface area contributed by atoms with E-state index in [2.05, 4.69) is 9.97 Å². The summed E-state index contributed by atoms with van der Waals surface area (Å²) in [6.45, 7) is 1.34. The Labute approximate surface area is 82.1 Å². The highest BCUT2D eigenvalue weighted by atomic mass is 15.1. The van der Waals surface area contributed by atoms with Gasteiger partial charge in [-0.15, -0.1) is 0 Å². The molecule has 0 fully saturated rings. The Bertz CT molecular complexity index is 444.